The Balaban J connectivity index is 1.88. The molecule has 3 rings (SSSR count). The maximum Gasteiger partial charge on any atom is 0.162 e. The van der Waals surface area contributed by atoms with E-state index in [0.29, 0.717) is 12.4 Å². The summed E-state index contributed by atoms with van der Waals surface area (Å²) < 4.78 is 6.00. The third-order valence-electron chi connectivity index (χ3n) is 3.68. The molecule has 5 heteroatoms. The Morgan fingerprint density at radius 1 is 1.32 bits per heavy atom. The Labute approximate surface area is 130 Å². The van der Waals surface area contributed by atoms with Crippen molar-refractivity contribution in [3.8, 4) is 0 Å². The van der Waals surface area contributed by atoms with E-state index in [4.69, 9.17) is 9.94 Å². The summed E-state index contributed by atoms with van der Waals surface area (Å²) in [5.41, 5.74) is 2.11. The lowest BCUT2D eigenvalue weighted by Crippen LogP contribution is -2.31. The van der Waals surface area contributed by atoms with Crippen LogP contribution in [0.4, 0.5) is 0 Å². The number of fused-ring (bicyclic) bond motifs is 1. The number of ether oxygens (including phenoxy) is 1. The van der Waals surface area contributed by atoms with Crippen molar-refractivity contribution >= 4 is 5.84 Å². The molecule has 114 valence electrons. The monoisotopic (exact) mass is 297 g/mol. The average Bonchev–Trinajstić information content (AvgIpc) is 2.89. The maximum absolute atomic E-state index is 9.12. The van der Waals surface area contributed by atoms with E-state index in [1.807, 2.05) is 54.4 Å². The zero-order chi connectivity index (χ0) is 15.5. The molecular formula is C17H19N3O2. The van der Waals surface area contributed by atoms with Crippen LogP contribution in [0.1, 0.15) is 19.4 Å². The fourth-order valence-corrected chi connectivity index (χ4v) is 2.68. The molecule has 0 spiro atoms. The van der Waals surface area contributed by atoms with Gasteiger partial charge in [-0.25, -0.2) is 0 Å². The lowest BCUT2D eigenvalue weighted by molar-refractivity contribution is 0.189. The number of nitrogens with zero attached hydrogens (tertiary/aromatic N) is 3. The summed E-state index contributed by atoms with van der Waals surface area (Å²) in [6, 6.07) is 10.0. The lowest BCUT2D eigenvalue weighted by atomic mass is 10.2. The first kappa shape index (κ1) is 14.3. The van der Waals surface area contributed by atoms with E-state index in [1.165, 1.54) is 0 Å². The highest BCUT2D eigenvalue weighted by Crippen LogP contribution is 2.32. The van der Waals surface area contributed by atoms with E-state index >= 15 is 0 Å². The summed E-state index contributed by atoms with van der Waals surface area (Å²) in [6.45, 7) is 5.02. The molecule has 0 aromatic heterocycles. The van der Waals surface area contributed by atoms with Gasteiger partial charge in [-0.2, -0.15) is 0 Å². The molecule has 2 aliphatic rings. The molecule has 1 N–H and O–H groups in total. The van der Waals surface area contributed by atoms with Crippen LogP contribution >= 0.6 is 0 Å². The molecular weight excluding hydrogens is 278 g/mol. The van der Waals surface area contributed by atoms with Gasteiger partial charge in [0, 0.05) is 18.4 Å². The van der Waals surface area contributed by atoms with Gasteiger partial charge in [0.1, 0.15) is 6.61 Å². The van der Waals surface area contributed by atoms with Gasteiger partial charge in [0.2, 0.25) is 0 Å². The third kappa shape index (κ3) is 2.57. The van der Waals surface area contributed by atoms with Gasteiger partial charge in [-0.3, -0.25) is 4.90 Å². The second-order valence-electron chi connectivity index (χ2n) is 5.27. The van der Waals surface area contributed by atoms with Crippen molar-refractivity contribution in [1.29, 1.82) is 0 Å². The summed E-state index contributed by atoms with van der Waals surface area (Å²) in [5, 5.41) is 12.4. The molecule has 0 radical (unpaired) electrons. The Morgan fingerprint density at radius 3 is 2.82 bits per heavy atom. The van der Waals surface area contributed by atoms with Crippen LogP contribution in [-0.4, -0.2) is 27.4 Å². The largest absolute Gasteiger partial charge is 0.485 e. The van der Waals surface area contributed by atoms with Crippen molar-refractivity contribution in [3.05, 3.63) is 71.5 Å². The lowest BCUT2D eigenvalue weighted by Gasteiger charge is -2.28. The molecule has 22 heavy (non-hydrogen) atoms. The Hall–Kier alpha value is -2.69. The third-order valence-corrected chi connectivity index (χ3v) is 3.68. The van der Waals surface area contributed by atoms with Crippen molar-refractivity contribution in [2.24, 2.45) is 5.16 Å². The van der Waals surface area contributed by atoms with Gasteiger partial charge < -0.3 is 14.8 Å². The van der Waals surface area contributed by atoms with Crippen molar-refractivity contribution < 1.29 is 9.94 Å². The maximum atomic E-state index is 9.12. The number of benzene rings is 1. The van der Waals surface area contributed by atoms with E-state index in [-0.39, 0.29) is 0 Å². The first-order valence-electron chi connectivity index (χ1n) is 7.22. The first-order chi connectivity index (χ1) is 10.7. The van der Waals surface area contributed by atoms with Crippen molar-refractivity contribution in [2.45, 2.75) is 20.5 Å². The average molecular weight is 297 g/mol. The van der Waals surface area contributed by atoms with Crippen molar-refractivity contribution in [3.63, 3.8) is 0 Å². The second-order valence-corrected chi connectivity index (χ2v) is 5.27. The number of hydrogen-bond acceptors (Lipinski definition) is 4. The molecule has 5 nitrogen and oxygen atoms in total. The molecule has 0 unspecified atom stereocenters. The number of oxime groups is 1. The second kappa shape index (κ2) is 5.97. The minimum atomic E-state index is 0.500. The van der Waals surface area contributed by atoms with Gasteiger partial charge in [0.15, 0.2) is 17.4 Å². The van der Waals surface area contributed by atoms with E-state index in [1.54, 1.807) is 6.92 Å². The smallest absolute Gasteiger partial charge is 0.162 e. The molecule has 0 aliphatic carbocycles. The molecule has 0 bridgehead atoms. The number of rotatable bonds is 3. The summed E-state index contributed by atoms with van der Waals surface area (Å²) in [4.78, 5) is 3.98. The zero-order valence-electron chi connectivity index (χ0n) is 12.7. The summed E-state index contributed by atoms with van der Waals surface area (Å²) >= 11 is 0. The van der Waals surface area contributed by atoms with E-state index in [9.17, 15) is 0 Å². The van der Waals surface area contributed by atoms with Gasteiger partial charge in [-0.05, 0) is 25.5 Å². The van der Waals surface area contributed by atoms with Gasteiger partial charge in [0.05, 0.1) is 0 Å². The molecule has 0 amide bonds. The fourth-order valence-electron chi connectivity index (χ4n) is 2.68. The topological polar surface area (TPSA) is 48.3 Å². The standard InChI is InChI=1S/C17H19N3O2/c1-13-11-19-10-6-9-16(17(19)20(13)14(2)18-21)22-12-15-7-4-3-5-8-15/h3-9,11,21H,10,12H2,1-2H3/b18-14-. The highest BCUT2D eigenvalue weighted by atomic mass is 16.5. The highest BCUT2D eigenvalue weighted by molar-refractivity contribution is 5.83. The van der Waals surface area contributed by atoms with Gasteiger partial charge >= 0.3 is 0 Å². The van der Waals surface area contributed by atoms with Crippen LogP contribution in [-0.2, 0) is 11.3 Å². The molecule has 0 fully saturated rings. The Morgan fingerprint density at radius 2 is 2.09 bits per heavy atom. The summed E-state index contributed by atoms with van der Waals surface area (Å²) in [6.07, 6.45) is 6.06. The van der Waals surface area contributed by atoms with Crippen LogP contribution < -0.4 is 0 Å². The molecule has 0 saturated carbocycles. The predicted molar refractivity (Wildman–Crippen MR) is 84.6 cm³/mol. The Kier molecular flexibility index (Phi) is 3.87. The molecule has 0 atom stereocenters. The minimum absolute atomic E-state index is 0.500. The normalized spacial score (nSPS) is 17.7. The molecule has 2 aliphatic heterocycles. The van der Waals surface area contributed by atoms with Crippen LogP contribution in [0.3, 0.4) is 0 Å². The molecule has 1 aromatic carbocycles. The number of amidine groups is 1. The van der Waals surface area contributed by atoms with Crippen LogP contribution in [0, 0.1) is 0 Å². The zero-order valence-corrected chi connectivity index (χ0v) is 12.7. The van der Waals surface area contributed by atoms with Gasteiger partial charge in [0.25, 0.3) is 0 Å². The SMILES string of the molecule is CC1=CN2CC=CC(OCc3ccccc3)=C2N1/C(C)=N\O. The van der Waals surface area contributed by atoms with E-state index in [0.717, 1.165) is 29.4 Å². The van der Waals surface area contributed by atoms with Crippen molar-refractivity contribution in [2.75, 3.05) is 6.54 Å². The predicted octanol–water partition coefficient (Wildman–Crippen LogP) is 3.23. The van der Waals surface area contributed by atoms with Gasteiger partial charge in [-0.15, -0.1) is 0 Å². The van der Waals surface area contributed by atoms with E-state index in [2.05, 4.69) is 16.1 Å². The van der Waals surface area contributed by atoms with Crippen LogP contribution in [0.15, 0.2) is 71.1 Å². The van der Waals surface area contributed by atoms with Crippen LogP contribution in [0.5, 0.6) is 0 Å². The minimum Gasteiger partial charge on any atom is -0.485 e. The number of allylic oxidation sites excluding steroid dienone is 2. The molecule has 0 saturated heterocycles. The first-order valence-corrected chi connectivity index (χ1v) is 7.22. The highest BCUT2D eigenvalue weighted by Gasteiger charge is 2.31. The molecule has 1 aromatic rings. The quantitative estimate of drug-likeness (QED) is 0.403. The summed E-state index contributed by atoms with van der Waals surface area (Å²) in [7, 11) is 0. The van der Waals surface area contributed by atoms with E-state index < -0.39 is 0 Å². The summed E-state index contributed by atoms with van der Waals surface area (Å²) in [5.74, 6) is 2.18. The van der Waals surface area contributed by atoms with Crippen LogP contribution in [0.25, 0.3) is 0 Å². The fraction of sp³-hybridized carbons (Fsp3) is 0.235. The van der Waals surface area contributed by atoms with Gasteiger partial charge in [-0.1, -0.05) is 41.6 Å². The van der Waals surface area contributed by atoms with Crippen molar-refractivity contribution in [1.82, 2.24) is 9.80 Å². The van der Waals surface area contributed by atoms with Crippen LogP contribution in [0.2, 0.25) is 0 Å². The molecule has 2 heterocycles. The Bertz CT molecular complexity index is 674. The number of hydrogen-bond donors (Lipinski definition) is 1.